The highest BCUT2D eigenvalue weighted by Gasteiger charge is 2.51. The molecule has 0 atom stereocenters. The van der Waals surface area contributed by atoms with Crippen molar-refractivity contribution in [3.8, 4) is 0 Å². The number of rotatable bonds is 3. The second-order valence-electron chi connectivity index (χ2n) is 9.53. The fourth-order valence-electron chi connectivity index (χ4n) is 5.87. The highest BCUT2D eigenvalue weighted by molar-refractivity contribution is 9.10. The van der Waals surface area contributed by atoms with Gasteiger partial charge in [-0.15, -0.1) is 0 Å². The van der Waals surface area contributed by atoms with E-state index >= 15 is 0 Å². The molecule has 0 aliphatic heterocycles. The summed E-state index contributed by atoms with van der Waals surface area (Å²) in [6, 6.07) is 39.8. The number of hydrogen-bond acceptors (Lipinski definition) is 0. The molecule has 0 bridgehead atoms. The van der Waals surface area contributed by atoms with Crippen LogP contribution in [0.4, 0.5) is 0 Å². The first kappa shape index (κ1) is 20.4. The van der Waals surface area contributed by atoms with Gasteiger partial charge < -0.3 is 0 Å². The molecule has 0 unspecified atom stereocenters. The van der Waals surface area contributed by atoms with Crippen LogP contribution >= 0.6 is 15.9 Å². The van der Waals surface area contributed by atoms with E-state index in [4.69, 9.17) is 0 Å². The van der Waals surface area contributed by atoms with E-state index in [1.807, 2.05) is 0 Å². The van der Waals surface area contributed by atoms with Crippen LogP contribution in [0.15, 0.2) is 125 Å². The normalized spacial score (nSPS) is 17.5. The Kier molecular flexibility index (Phi) is 4.61. The number of hydrogen-bond donors (Lipinski definition) is 0. The molecule has 4 aromatic carbocycles. The Labute approximate surface area is 204 Å². The fraction of sp³-hybridized carbons (Fsp3) is 0.125. The van der Waals surface area contributed by atoms with Crippen LogP contribution in [0.2, 0.25) is 0 Å². The van der Waals surface area contributed by atoms with Crippen LogP contribution in [0.3, 0.4) is 0 Å². The predicted molar refractivity (Wildman–Crippen MR) is 142 cm³/mol. The first-order valence-corrected chi connectivity index (χ1v) is 12.3. The average molecular weight is 489 g/mol. The van der Waals surface area contributed by atoms with Crippen molar-refractivity contribution < 1.29 is 0 Å². The summed E-state index contributed by atoms with van der Waals surface area (Å²) in [5.41, 5.74) is 10.4. The van der Waals surface area contributed by atoms with Gasteiger partial charge in [0.05, 0.1) is 5.41 Å². The third-order valence-corrected chi connectivity index (χ3v) is 7.94. The summed E-state index contributed by atoms with van der Waals surface area (Å²) in [6.45, 7) is 4.74. The zero-order valence-electron chi connectivity index (χ0n) is 18.8. The molecule has 33 heavy (non-hydrogen) atoms. The van der Waals surface area contributed by atoms with Crippen molar-refractivity contribution >= 4 is 27.1 Å². The van der Waals surface area contributed by atoms with Gasteiger partial charge in [0, 0.05) is 9.89 Å². The summed E-state index contributed by atoms with van der Waals surface area (Å²) in [6.07, 6.45) is 2.56. The average Bonchev–Trinajstić information content (AvgIpc) is 3.33. The van der Waals surface area contributed by atoms with Gasteiger partial charge >= 0.3 is 0 Å². The van der Waals surface area contributed by atoms with Crippen molar-refractivity contribution in [3.63, 3.8) is 0 Å². The largest absolute Gasteiger partial charge is 0.0650 e. The van der Waals surface area contributed by atoms with E-state index in [2.05, 4.69) is 145 Å². The molecule has 4 aromatic rings. The topological polar surface area (TPSA) is 0 Å². The summed E-state index contributed by atoms with van der Waals surface area (Å²) in [7, 11) is 0. The summed E-state index contributed by atoms with van der Waals surface area (Å²) in [4.78, 5) is 0. The molecule has 0 heterocycles. The van der Waals surface area contributed by atoms with Crippen molar-refractivity contribution in [2.75, 3.05) is 0 Å². The lowest BCUT2D eigenvalue weighted by atomic mass is 9.67. The lowest BCUT2D eigenvalue weighted by molar-refractivity contribution is 0.654. The molecule has 1 heteroatoms. The molecule has 0 fully saturated rings. The summed E-state index contributed by atoms with van der Waals surface area (Å²) in [5, 5.41) is 0. The number of halogens is 1. The molecule has 0 amide bonds. The second kappa shape index (κ2) is 7.43. The van der Waals surface area contributed by atoms with Crippen molar-refractivity contribution in [2.45, 2.75) is 24.7 Å². The van der Waals surface area contributed by atoms with Gasteiger partial charge in [-0.1, -0.05) is 133 Å². The van der Waals surface area contributed by atoms with E-state index in [0.29, 0.717) is 0 Å². The van der Waals surface area contributed by atoms with Crippen molar-refractivity contribution in [1.29, 1.82) is 0 Å². The summed E-state index contributed by atoms with van der Waals surface area (Å²) in [5.74, 6) is 0. The highest BCUT2D eigenvalue weighted by atomic mass is 79.9. The van der Waals surface area contributed by atoms with Crippen LogP contribution in [0.1, 0.15) is 41.7 Å². The van der Waals surface area contributed by atoms with E-state index in [1.165, 1.54) is 44.5 Å². The van der Waals surface area contributed by atoms with Crippen LogP contribution in [0.5, 0.6) is 0 Å². The van der Waals surface area contributed by atoms with Crippen molar-refractivity contribution in [2.24, 2.45) is 0 Å². The molecule has 0 saturated carbocycles. The minimum Gasteiger partial charge on any atom is -0.0622 e. The molecule has 0 spiro atoms. The maximum Gasteiger partial charge on any atom is 0.0650 e. The van der Waals surface area contributed by atoms with E-state index in [0.717, 1.165) is 4.47 Å². The second-order valence-corrected chi connectivity index (χ2v) is 10.4. The summed E-state index contributed by atoms with van der Waals surface area (Å²) >= 11 is 3.64. The SMILES string of the molecule is CC1(C)C2=CC(c3ccccc3)(c3ccccc3)C(c3ccc(Br)cc3)=C2c2ccccc21. The van der Waals surface area contributed by atoms with Gasteiger partial charge in [-0.25, -0.2) is 0 Å². The van der Waals surface area contributed by atoms with Gasteiger partial charge in [-0.3, -0.25) is 0 Å². The van der Waals surface area contributed by atoms with Crippen molar-refractivity contribution in [1.82, 2.24) is 0 Å². The van der Waals surface area contributed by atoms with Gasteiger partial charge in [0.15, 0.2) is 0 Å². The maximum atomic E-state index is 3.64. The maximum absolute atomic E-state index is 3.64. The Bertz CT molecular complexity index is 1370. The monoisotopic (exact) mass is 488 g/mol. The fourth-order valence-corrected chi connectivity index (χ4v) is 6.13. The minimum absolute atomic E-state index is 0.0577. The molecule has 0 N–H and O–H groups in total. The first-order chi connectivity index (χ1) is 16.0. The molecule has 0 nitrogen and oxygen atoms in total. The zero-order chi connectivity index (χ0) is 22.6. The molecule has 0 saturated heterocycles. The van der Waals surface area contributed by atoms with Gasteiger partial charge in [0.2, 0.25) is 0 Å². The van der Waals surface area contributed by atoms with Gasteiger partial charge in [-0.2, -0.15) is 0 Å². The predicted octanol–water partition coefficient (Wildman–Crippen LogP) is 8.58. The Balaban J connectivity index is 1.79. The van der Waals surface area contributed by atoms with Crippen LogP contribution < -0.4 is 0 Å². The quantitative estimate of drug-likeness (QED) is 0.270. The minimum atomic E-state index is -0.355. The Hall–Kier alpha value is -3.16. The summed E-state index contributed by atoms with van der Waals surface area (Å²) < 4.78 is 1.10. The van der Waals surface area contributed by atoms with Crippen LogP contribution in [0.25, 0.3) is 11.1 Å². The first-order valence-electron chi connectivity index (χ1n) is 11.5. The molecule has 6 rings (SSSR count). The highest BCUT2D eigenvalue weighted by Crippen LogP contribution is 2.63. The van der Waals surface area contributed by atoms with Gasteiger partial charge in [0.25, 0.3) is 0 Å². The molecule has 2 aliphatic carbocycles. The molecule has 0 radical (unpaired) electrons. The molecular weight excluding hydrogens is 464 g/mol. The smallest absolute Gasteiger partial charge is 0.0622 e. The molecule has 0 aromatic heterocycles. The number of fused-ring (bicyclic) bond motifs is 3. The van der Waals surface area contributed by atoms with Crippen molar-refractivity contribution in [3.05, 3.63) is 153 Å². The third-order valence-electron chi connectivity index (χ3n) is 7.41. The Morgan fingerprint density at radius 3 is 1.76 bits per heavy atom. The van der Waals surface area contributed by atoms with E-state index in [-0.39, 0.29) is 10.8 Å². The third kappa shape index (κ3) is 2.89. The van der Waals surface area contributed by atoms with E-state index < -0.39 is 0 Å². The standard InChI is InChI=1S/C32H25Br/c1-31(2)27-16-10-9-15-26(27)29-28(31)21-32(23-11-5-3-6-12-23,24-13-7-4-8-14-24)30(29)22-17-19-25(33)20-18-22/h3-21H,1-2H3. The number of benzene rings is 4. The van der Waals surface area contributed by atoms with E-state index in [9.17, 15) is 0 Å². The Morgan fingerprint density at radius 2 is 1.15 bits per heavy atom. The van der Waals surface area contributed by atoms with Gasteiger partial charge in [-0.05, 0) is 56.7 Å². The Morgan fingerprint density at radius 1 is 0.606 bits per heavy atom. The van der Waals surface area contributed by atoms with Crippen LogP contribution in [-0.4, -0.2) is 0 Å². The van der Waals surface area contributed by atoms with E-state index in [1.54, 1.807) is 0 Å². The number of allylic oxidation sites excluding steroid dienone is 4. The van der Waals surface area contributed by atoms with Crippen LogP contribution in [0, 0.1) is 0 Å². The molecule has 160 valence electrons. The molecule has 2 aliphatic rings. The van der Waals surface area contributed by atoms with Crippen LogP contribution in [-0.2, 0) is 10.8 Å². The molecular formula is C32H25Br. The van der Waals surface area contributed by atoms with Gasteiger partial charge in [0.1, 0.15) is 0 Å². The zero-order valence-corrected chi connectivity index (χ0v) is 20.4. The lowest BCUT2D eigenvalue weighted by Gasteiger charge is -2.34. The lowest BCUT2D eigenvalue weighted by Crippen LogP contribution is -2.27.